The van der Waals surface area contributed by atoms with Crippen molar-refractivity contribution in [1.82, 2.24) is 10.3 Å². The van der Waals surface area contributed by atoms with Crippen molar-refractivity contribution < 1.29 is 14.3 Å². The molecule has 0 spiro atoms. The highest BCUT2D eigenvalue weighted by Crippen LogP contribution is 2.05. The van der Waals surface area contributed by atoms with Crippen molar-refractivity contribution in [2.45, 2.75) is 0 Å². The molecule has 0 saturated carbocycles. The molecule has 17 heavy (non-hydrogen) atoms. The second-order valence-electron chi connectivity index (χ2n) is 3.23. The third kappa shape index (κ3) is 5.76. The number of nitrogens with one attached hydrogen (secondary N) is 1. The zero-order valence-corrected chi connectivity index (χ0v) is 11.2. The van der Waals surface area contributed by atoms with Gasteiger partial charge in [-0.3, -0.25) is 4.79 Å². The van der Waals surface area contributed by atoms with Gasteiger partial charge in [-0.05, 0) is 28.1 Å². The smallest absolute Gasteiger partial charge is 0.252 e. The molecule has 0 radical (unpaired) electrons. The topological polar surface area (TPSA) is 60.5 Å². The normalized spacial score (nSPS) is 10.2. The summed E-state index contributed by atoms with van der Waals surface area (Å²) in [5, 5.41) is 2.74. The monoisotopic (exact) mass is 302 g/mol. The Morgan fingerprint density at radius 3 is 2.88 bits per heavy atom. The van der Waals surface area contributed by atoms with E-state index in [0.29, 0.717) is 36.5 Å². The van der Waals surface area contributed by atoms with Gasteiger partial charge in [0.25, 0.3) is 5.91 Å². The SMILES string of the molecule is COCCOCCNC(=O)c1ccc(Br)nc1. The molecular weight excluding hydrogens is 288 g/mol. The molecule has 5 nitrogen and oxygen atoms in total. The van der Waals surface area contributed by atoms with Crippen LogP contribution >= 0.6 is 15.9 Å². The van der Waals surface area contributed by atoms with Crippen LogP contribution in [0.1, 0.15) is 10.4 Å². The van der Waals surface area contributed by atoms with Gasteiger partial charge in [0.05, 0.1) is 25.4 Å². The van der Waals surface area contributed by atoms with E-state index in [0.717, 1.165) is 0 Å². The highest BCUT2D eigenvalue weighted by atomic mass is 79.9. The van der Waals surface area contributed by atoms with E-state index in [1.165, 1.54) is 6.20 Å². The molecule has 0 atom stereocenters. The van der Waals surface area contributed by atoms with Crippen LogP contribution < -0.4 is 5.32 Å². The fourth-order valence-corrected chi connectivity index (χ4v) is 1.33. The van der Waals surface area contributed by atoms with Gasteiger partial charge < -0.3 is 14.8 Å². The van der Waals surface area contributed by atoms with Crippen LogP contribution in [0.5, 0.6) is 0 Å². The molecule has 0 aliphatic rings. The molecule has 6 heteroatoms. The summed E-state index contributed by atoms with van der Waals surface area (Å²) in [6.07, 6.45) is 1.52. The highest BCUT2D eigenvalue weighted by Gasteiger charge is 2.04. The Labute approximate surface area is 109 Å². The standard InChI is InChI=1S/C11H15BrN2O3/c1-16-6-7-17-5-4-13-11(15)9-2-3-10(12)14-8-9/h2-3,8H,4-7H2,1H3,(H,13,15). The van der Waals surface area contributed by atoms with Crippen LogP contribution in [0.2, 0.25) is 0 Å². The summed E-state index contributed by atoms with van der Waals surface area (Å²) in [7, 11) is 1.62. The number of pyridine rings is 1. The molecule has 0 unspecified atom stereocenters. The maximum Gasteiger partial charge on any atom is 0.252 e. The fourth-order valence-electron chi connectivity index (χ4n) is 1.09. The molecule has 0 bridgehead atoms. The molecule has 1 amide bonds. The van der Waals surface area contributed by atoms with Crippen molar-refractivity contribution in [3.8, 4) is 0 Å². The number of carbonyl (C=O) groups excluding carboxylic acids is 1. The van der Waals surface area contributed by atoms with Crippen molar-refractivity contribution in [3.63, 3.8) is 0 Å². The highest BCUT2D eigenvalue weighted by molar-refractivity contribution is 9.10. The number of hydrogen-bond acceptors (Lipinski definition) is 4. The lowest BCUT2D eigenvalue weighted by atomic mass is 10.3. The Morgan fingerprint density at radius 2 is 2.24 bits per heavy atom. The molecule has 0 fully saturated rings. The van der Waals surface area contributed by atoms with Crippen molar-refractivity contribution >= 4 is 21.8 Å². The van der Waals surface area contributed by atoms with Gasteiger partial charge in [-0.25, -0.2) is 4.98 Å². The predicted molar refractivity (Wildman–Crippen MR) is 67.0 cm³/mol. The van der Waals surface area contributed by atoms with E-state index < -0.39 is 0 Å². The maximum absolute atomic E-state index is 11.6. The minimum atomic E-state index is -0.152. The molecule has 0 saturated heterocycles. The summed E-state index contributed by atoms with van der Waals surface area (Å²) in [5.74, 6) is -0.152. The molecule has 1 rings (SSSR count). The van der Waals surface area contributed by atoms with Crippen LogP contribution in [-0.2, 0) is 9.47 Å². The van der Waals surface area contributed by atoms with Crippen LogP contribution in [0, 0.1) is 0 Å². The zero-order valence-electron chi connectivity index (χ0n) is 9.61. The molecule has 94 valence electrons. The van der Waals surface area contributed by atoms with Crippen LogP contribution in [0.4, 0.5) is 0 Å². The number of nitrogens with zero attached hydrogens (tertiary/aromatic N) is 1. The number of carbonyl (C=O) groups is 1. The van der Waals surface area contributed by atoms with Gasteiger partial charge >= 0.3 is 0 Å². The average molecular weight is 303 g/mol. The van der Waals surface area contributed by atoms with E-state index in [1.807, 2.05) is 0 Å². The van der Waals surface area contributed by atoms with Gasteiger partial charge in [0.1, 0.15) is 4.60 Å². The maximum atomic E-state index is 11.6. The Morgan fingerprint density at radius 1 is 1.41 bits per heavy atom. The van der Waals surface area contributed by atoms with Crippen molar-refractivity contribution in [2.75, 3.05) is 33.5 Å². The minimum Gasteiger partial charge on any atom is -0.382 e. The summed E-state index contributed by atoms with van der Waals surface area (Å²) in [5.41, 5.74) is 0.532. The van der Waals surface area contributed by atoms with Crippen LogP contribution in [0.15, 0.2) is 22.9 Å². The summed E-state index contributed by atoms with van der Waals surface area (Å²) < 4.78 is 10.7. The van der Waals surface area contributed by atoms with E-state index in [2.05, 4.69) is 26.2 Å². The summed E-state index contributed by atoms with van der Waals surface area (Å²) in [6.45, 7) is 2.04. The first-order valence-electron chi connectivity index (χ1n) is 5.20. The van der Waals surface area contributed by atoms with Crippen molar-refractivity contribution in [2.24, 2.45) is 0 Å². The number of methoxy groups -OCH3 is 1. The van der Waals surface area contributed by atoms with Gasteiger partial charge in [0, 0.05) is 19.9 Å². The second kappa shape index (κ2) is 8.16. The van der Waals surface area contributed by atoms with E-state index in [1.54, 1.807) is 19.2 Å². The summed E-state index contributed by atoms with van der Waals surface area (Å²) >= 11 is 3.21. The molecule has 0 aromatic carbocycles. The Hall–Kier alpha value is -0.980. The lowest BCUT2D eigenvalue weighted by Crippen LogP contribution is -2.27. The third-order valence-corrected chi connectivity index (χ3v) is 2.42. The predicted octanol–water partition coefficient (Wildman–Crippen LogP) is 1.24. The average Bonchev–Trinajstić information content (AvgIpc) is 2.34. The summed E-state index contributed by atoms with van der Waals surface area (Å²) in [6, 6.07) is 3.43. The quantitative estimate of drug-likeness (QED) is 0.608. The lowest BCUT2D eigenvalue weighted by molar-refractivity contribution is 0.0692. The number of aromatic nitrogens is 1. The molecule has 1 N–H and O–H groups in total. The molecular formula is C11H15BrN2O3. The Bertz CT molecular complexity index is 343. The van der Waals surface area contributed by atoms with Gasteiger partial charge in [0.15, 0.2) is 0 Å². The first kappa shape index (κ1) is 14.1. The molecule has 1 heterocycles. The van der Waals surface area contributed by atoms with E-state index in [-0.39, 0.29) is 5.91 Å². The molecule has 1 aromatic rings. The first-order chi connectivity index (χ1) is 8.24. The van der Waals surface area contributed by atoms with E-state index >= 15 is 0 Å². The Kier molecular flexibility index (Phi) is 6.76. The van der Waals surface area contributed by atoms with Crippen molar-refractivity contribution in [3.05, 3.63) is 28.5 Å². The van der Waals surface area contributed by atoms with Gasteiger partial charge in [-0.1, -0.05) is 0 Å². The largest absolute Gasteiger partial charge is 0.382 e. The number of amides is 1. The van der Waals surface area contributed by atoms with Crippen LogP contribution in [-0.4, -0.2) is 44.4 Å². The lowest BCUT2D eigenvalue weighted by Gasteiger charge is -2.06. The minimum absolute atomic E-state index is 0.152. The number of hydrogen-bond donors (Lipinski definition) is 1. The van der Waals surface area contributed by atoms with Gasteiger partial charge in [0.2, 0.25) is 0 Å². The number of ether oxygens (including phenoxy) is 2. The zero-order chi connectivity index (χ0) is 12.5. The van der Waals surface area contributed by atoms with Crippen LogP contribution in [0.3, 0.4) is 0 Å². The first-order valence-corrected chi connectivity index (χ1v) is 6.00. The van der Waals surface area contributed by atoms with Crippen LogP contribution in [0.25, 0.3) is 0 Å². The van der Waals surface area contributed by atoms with Gasteiger partial charge in [-0.15, -0.1) is 0 Å². The van der Waals surface area contributed by atoms with E-state index in [4.69, 9.17) is 9.47 Å². The van der Waals surface area contributed by atoms with E-state index in [9.17, 15) is 4.79 Å². The fraction of sp³-hybridized carbons (Fsp3) is 0.455. The van der Waals surface area contributed by atoms with Crippen molar-refractivity contribution in [1.29, 1.82) is 0 Å². The third-order valence-electron chi connectivity index (χ3n) is 1.95. The number of rotatable bonds is 7. The molecule has 0 aliphatic heterocycles. The Balaban J connectivity index is 2.19. The second-order valence-corrected chi connectivity index (χ2v) is 4.04. The number of halogens is 1. The van der Waals surface area contributed by atoms with Gasteiger partial charge in [-0.2, -0.15) is 0 Å². The molecule has 1 aromatic heterocycles. The summed E-state index contributed by atoms with van der Waals surface area (Å²) in [4.78, 5) is 15.6. The molecule has 0 aliphatic carbocycles.